The van der Waals surface area contributed by atoms with Gasteiger partial charge in [-0.3, -0.25) is 0 Å². The number of allylic oxidation sites excluding steroid dienone is 1. The zero-order valence-electron chi connectivity index (χ0n) is 32.5. The molecule has 1 aliphatic carbocycles. The van der Waals surface area contributed by atoms with E-state index in [4.69, 9.17) is 0 Å². The number of rotatable bonds is 6. The Bertz CT molecular complexity index is 3450. The highest BCUT2D eigenvalue weighted by Gasteiger charge is 2.24. The van der Waals surface area contributed by atoms with E-state index in [1.54, 1.807) is 0 Å². The molecule has 1 aliphatic rings. The first kappa shape index (κ1) is 34.3. The molecule has 280 valence electrons. The third kappa shape index (κ3) is 5.59. The zero-order chi connectivity index (χ0) is 39.0. The molecule has 0 saturated heterocycles. The minimum absolute atomic E-state index is 0.535. The van der Waals surface area contributed by atoms with E-state index in [1.165, 1.54) is 84.4 Å². The number of anilines is 6. The fourth-order valence-electron chi connectivity index (χ4n) is 9.43. The summed E-state index contributed by atoms with van der Waals surface area (Å²) in [6, 6.07) is 67.4. The van der Waals surface area contributed by atoms with Gasteiger partial charge >= 0.3 is 0 Å². The van der Waals surface area contributed by atoms with Crippen molar-refractivity contribution in [1.29, 1.82) is 0 Å². The summed E-state index contributed by atoms with van der Waals surface area (Å²) < 4.78 is 3.97. The molecule has 0 bridgehead atoms. The predicted molar refractivity (Wildman–Crippen MR) is 258 cm³/mol. The highest BCUT2D eigenvalue weighted by Crippen LogP contribution is 2.49. The van der Waals surface area contributed by atoms with Crippen molar-refractivity contribution in [2.75, 3.05) is 9.80 Å². The van der Waals surface area contributed by atoms with Crippen LogP contribution in [0.1, 0.15) is 17.4 Å². The molecule has 2 heterocycles. The van der Waals surface area contributed by atoms with Crippen molar-refractivity contribution in [1.82, 2.24) is 0 Å². The van der Waals surface area contributed by atoms with Gasteiger partial charge in [0.15, 0.2) is 0 Å². The van der Waals surface area contributed by atoms with Gasteiger partial charge < -0.3 is 9.80 Å². The quantitative estimate of drug-likeness (QED) is 0.155. The summed E-state index contributed by atoms with van der Waals surface area (Å²) in [5.74, 6) is 0.535. The number of para-hydroxylation sites is 2. The van der Waals surface area contributed by atoms with Gasteiger partial charge in [0.25, 0.3) is 0 Å². The minimum Gasteiger partial charge on any atom is -0.310 e. The van der Waals surface area contributed by atoms with E-state index < -0.39 is 0 Å². The molecule has 11 aromatic rings. The Hall–Kier alpha value is -6.72. The summed E-state index contributed by atoms with van der Waals surface area (Å²) in [4.78, 5) is 6.33. The molecule has 1 atom stereocenters. The number of nitrogens with zero attached hydrogens (tertiary/aromatic N) is 2. The molecular formula is C55H38N2S2. The molecule has 0 N–H and O–H groups in total. The normalized spacial score (nSPS) is 13.9. The molecule has 2 nitrogen and oxygen atoms in total. The van der Waals surface area contributed by atoms with Crippen LogP contribution in [0.2, 0.25) is 0 Å². The van der Waals surface area contributed by atoms with Gasteiger partial charge in [0.1, 0.15) is 0 Å². The smallest absolute Gasteiger partial charge is 0.0546 e. The topological polar surface area (TPSA) is 6.48 Å². The van der Waals surface area contributed by atoms with E-state index in [-0.39, 0.29) is 0 Å². The fraction of sp³-hybridized carbons (Fsp3) is 0.0545. The van der Waals surface area contributed by atoms with Crippen molar-refractivity contribution in [3.05, 3.63) is 199 Å². The average Bonchev–Trinajstić information content (AvgIpc) is 3.85. The van der Waals surface area contributed by atoms with Gasteiger partial charge in [-0.1, -0.05) is 116 Å². The first-order chi connectivity index (χ1) is 29.2. The Morgan fingerprint density at radius 1 is 0.390 bits per heavy atom. The van der Waals surface area contributed by atoms with E-state index in [1.807, 2.05) is 22.7 Å². The lowest BCUT2D eigenvalue weighted by Crippen LogP contribution is -2.12. The van der Waals surface area contributed by atoms with Crippen molar-refractivity contribution >= 4 is 125 Å². The summed E-state index contributed by atoms with van der Waals surface area (Å²) in [6.45, 7) is 2.32. The molecule has 12 rings (SSSR count). The summed E-state index contributed by atoms with van der Waals surface area (Å²) in [5.41, 5.74) is 8.39. The molecule has 9 aromatic carbocycles. The van der Waals surface area contributed by atoms with Crippen LogP contribution in [0.5, 0.6) is 0 Å². The van der Waals surface area contributed by atoms with Crippen LogP contribution in [0.4, 0.5) is 34.1 Å². The Labute approximate surface area is 351 Å². The number of fused-ring (bicyclic) bond motifs is 11. The van der Waals surface area contributed by atoms with Crippen molar-refractivity contribution in [3.8, 4) is 0 Å². The van der Waals surface area contributed by atoms with Crippen molar-refractivity contribution in [3.63, 3.8) is 0 Å². The number of hydrogen-bond acceptors (Lipinski definition) is 4. The SMILES string of the molecule is CC1C=Cc2sc3ccc(N(c4ccccc4)c4cc5c6ccccc6c(N(c6ccccc6)c6ccc7sc8ccccc8c7c6)cc5c5ccccc45)cc3c2C1. The highest BCUT2D eigenvalue weighted by atomic mass is 32.1. The van der Waals surface area contributed by atoms with Crippen molar-refractivity contribution in [2.45, 2.75) is 13.3 Å². The van der Waals surface area contributed by atoms with Gasteiger partial charge in [-0.25, -0.2) is 0 Å². The highest BCUT2D eigenvalue weighted by molar-refractivity contribution is 7.25. The van der Waals surface area contributed by atoms with E-state index >= 15 is 0 Å². The average molecular weight is 791 g/mol. The van der Waals surface area contributed by atoms with Gasteiger partial charge in [-0.2, -0.15) is 0 Å². The van der Waals surface area contributed by atoms with Gasteiger partial charge in [0.05, 0.1) is 11.4 Å². The third-order valence-electron chi connectivity index (χ3n) is 12.1. The molecule has 0 spiro atoms. The van der Waals surface area contributed by atoms with Gasteiger partial charge in [-0.15, -0.1) is 22.7 Å². The maximum absolute atomic E-state index is 2.48. The van der Waals surface area contributed by atoms with Crippen LogP contribution in [0.15, 0.2) is 188 Å². The maximum Gasteiger partial charge on any atom is 0.0546 e. The Kier molecular flexibility index (Phi) is 7.97. The number of hydrogen-bond donors (Lipinski definition) is 0. The lowest BCUT2D eigenvalue weighted by atomic mass is 9.92. The Morgan fingerprint density at radius 3 is 1.46 bits per heavy atom. The molecule has 0 fully saturated rings. The standard InChI is InChI=1S/C55H38N2S2/c1-35-24-27-53-47(30-35)49-32-39(26-29-55(49)59-53)57(37-16-6-3-7-17-37)51-34-46-40-18-8-10-20-42(40)50(33-45(46)41-19-9-11-21-43(41)51)56(36-14-4-2-5-15-36)38-25-28-54-48(31-38)44-22-12-13-23-52(44)58-54/h2-29,31-35H,30H2,1H3. The monoisotopic (exact) mass is 790 g/mol. The molecule has 0 amide bonds. The van der Waals surface area contributed by atoms with Crippen LogP contribution in [-0.4, -0.2) is 0 Å². The van der Waals surface area contributed by atoms with Crippen molar-refractivity contribution < 1.29 is 0 Å². The van der Waals surface area contributed by atoms with Crippen molar-refractivity contribution in [2.24, 2.45) is 5.92 Å². The zero-order valence-corrected chi connectivity index (χ0v) is 34.1. The summed E-state index contributed by atoms with van der Waals surface area (Å²) in [6.07, 6.45) is 5.76. The molecular weight excluding hydrogens is 753 g/mol. The minimum atomic E-state index is 0.535. The van der Waals surface area contributed by atoms with Crippen LogP contribution < -0.4 is 9.80 Å². The second kappa shape index (κ2) is 13.7. The molecule has 0 radical (unpaired) electrons. The summed E-state index contributed by atoms with van der Waals surface area (Å²) in [7, 11) is 0. The second-order valence-electron chi connectivity index (χ2n) is 15.8. The summed E-state index contributed by atoms with van der Waals surface area (Å²) in [5, 5.41) is 11.3. The lowest BCUT2D eigenvalue weighted by Gasteiger charge is -2.30. The van der Waals surface area contributed by atoms with Crippen LogP contribution in [0, 0.1) is 5.92 Å². The van der Waals surface area contributed by atoms with Crippen LogP contribution >= 0.6 is 22.7 Å². The van der Waals surface area contributed by atoms with E-state index in [0.29, 0.717) is 5.92 Å². The second-order valence-corrected chi connectivity index (χ2v) is 17.9. The molecule has 0 aliphatic heterocycles. The Morgan fingerprint density at radius 2 is 0.864 bits per heavy atom. The molecule has 59 heavy (non-hydrogen) atoms. The third-order valence-corrected chi connectivity index (χ3v) is 14.5. The molecule has 2 aromatic heterocycles. The van der Waals surface area contributed by atoms with Gasteiger partial charge in [0, 0.05) is 63.3 Å². The molecule has 1 unspecified atom stereocenters. The summed E-state index contributed by atoms with van der Waals surface area (Å²) >= 11 is 3.77. The van der Waals surface area contributed by atoms with Crippen LogP contribution in [-0.2, 0) is 6.42 Å². The largest absolute Gasteiger partial charge is 0.310 e. The maximum atomic E-state index is 2.48. The van der Waals surface area contributed by atoms with Gasteiger partial charge in [0.2, 0.25) is 0 Å². The van der Waals surface area contributed by atoms with E-state index in [2.05, 4.69) is 211 Å². The van der Waals surface area contributed by atoms with Crippen LogP contribution in [0.25, 0.3) is 68.7 Å². The Balaban J connectivity index is 1.12. The number of benzene rings is 9. The first-order valence-electron chi connectivity index (χ1n) is 20.4. The first-order valence-corrected chi connectivity index (χ1v) is 22.0. The van der Waals surface area contributed by atoms with Crippen LogP contribution in [0.3, 0.4) is 0 Å². The molecule has 0 saturated carbocycles. The number of thiophene rings is 2. The van der Waals surface area contributed by atoms with E-state index in [9.17, 15) is 0 Å². The van der Waals surface area contributed by atoms with Gasteiger partial charge in [-0.05, 0) is 130 Å². The molecule has 4 heteroatoms. The predicted octanol–water partition coefficient (Wildman–Crippen LogP) is 16.9. The van der Waals surface area contributed by atoms with E-state index in [0.717, 1.165) is 29.2 Å². The fourth-order valence-corrected chi connectivity index (χ4v) is 11.6. The lowest BCUT2D eigenvalue weighted by molar-refractivity contribution is 0.724.